The van der Waals surface area contributed by atoms with E-state index in [4.69, 9.17) is 19.7 Å². The van der Waals surface area contributed by atoms with Crippen molar-refractivity contribution in [2.75, 3.05) is 26.4 Å². The zero-order valence-electron chi connectivity index (χ0n) is 12.8. The second kappa shape index (κ2) is 6.82. The van der Waals surface area contributed by atoms with E-state index in [0.29, 0.717) is 0 Å². The number of ether oxygens (including phenoxy) is 2. The van der Waals surface area contributed by atoms with E-state index in [2.05, 4.69) is 0 Å². The Labute approximate surface area is 138 Å². The molecule has 1 aliphatic rings. The van der Waals surface area contributed by atoms with Crippen LogP contribution in [0.1, 0.15) is 31.8 Å². The van der Waals surface area contributed by atoms with E-state index in [1.54, 1.807) is 36.4 Å². The number of carbonyl (C=O) groups excluding carboxylic acids is 2. The minimum absolute atomic E-state index is 0.0322. The summed E-state index contributed by atoms with van der Waals surface area (Å²) in [5.41, 5.74) is 0.872. The minimum atomic E-state index is -0.331. The average Bonchev–Trinajstić information content (AvgIpc) is 2.62. The molecule has 0 spiro atoms. The molecule has 1 aliphatic carbocycles. The smallest absolute Gasteiger partial charge is 0.198 e. The van der Waals surface area contributed by atoms with Crippen LogP contribution in [0, 0.1) is 0 Å². The maximum atomic E-state index is 12.9. The molecule has 6 heteroatoms. The molecule has 0 saturated heterocycles. The van der Waals surface area contributed by atoms with E-state index in [-0.39, 0.29) is 71.7 Å². The Morgan fingerprint density at radius 2 is 1.12 bits per heavy atom. The van der Waals surface area contributed by atoms with Crippen LogP contribution in [0.4, 0.5) is 0 Å². The van der Waals surface area contributed by atoms with Gasteiger partial charge in [-0.2, -0.15) is 0 Å². The highest BCUT2D eigenvalue weighted by Crippen LogP contribution is 2.36. The number of hydrogen-bond donors (Lipinski definition) is 2. The zero-order valence-corrected chi connectivity index (χ0v) is 12.8. The number of aliphatic hydroxyl groups excluding tert-OH is 2. The minimum Gasteiger partial charge on any atom is -0.490 e. The van der Waals surface area contributed by atoms with Gasteiger partial charge >= 0.3 is 0 Å². The van der Waals surface area contributed by atoms with Gasteiger partial charge in [-0.05, 0) is 12.1 Å². The first kappa shape index (κ1) is 16.2. The van der Waals surface area contributed by atoms with Gasteiger partial charge in [0.1, 0.15) is 24.7 Å². The number of fused-ring (bicyclic) bond motifs is 2. The number of rotatable bonds is 6. The predicted molar refractivity (Wildman–Crippen MR) is 84.9 cm³/mol. The van der Waals surface area contributed by atoms with Crippen molar-refractivity contribution in [2.24, 2.45) is 0 Å². The highest BCUT2D eigenvalue weighted by molar-refractivity contribution is 6.30. The summed E-state index contributed by atoms with van der Waals surface area (Å²) in [6.45, 7) is -0.321. The predicted octanol–water partition coefficient (Wildman–Crippen LogP) is 1.20. The van der Waals surface area contributed by atoms with Gasteiger partial charge in [0, 0.05) is 11.1 Å². The molecule has 3 rings (SSSR count). The molecule has 0 fully saturated rings. The van der Waals surface area contributed by atoms with Crippen LogP contribution in [0.3, 0.4) is 0 Å². The largest absolute Gasteiger partial charge is 0.490 e. The molecule has 0 atom stereocenters. The van der Waals surface area contributed by atoms with E-state index in [1.165, 1.54) is 0 Å². The zero-order chi connectivity index (χ0) is 17.1. The van der Waals surface area contributed by atoms with Crippen LogP contribution in [-0.2, 0) is 0 Å². The molecule has 0 bridgehead atoms. The fourth-order valence-electron chi connectivity index (χ4n) is 2.73. The molecule has 2 aromatic rings. The lowest BCUT2D eigenvalue weighted by atomic mass is 9.83. The standard InChI is InChI=1S/C18H16O6/c19-7-9-23-13-5-1-3-11-15(13)18(22)12-4-2-6-14(24-10-8-20)16(12)17(11)21/h1-6,19-20H,7-10H2. The highest BCUT2D eigenvalue weighted by Gasteiger charge is 2.34. The molecule has 0 unspecified atom stereocenters. The first-order valence-corrected chi connectivity index (χ1v) is 7.51. The van der Waals surface area contributed by atoms with Gasteiger partial charge in [-0.1, -0.05) is 24.3 Å². The summed E-state index contributed by atoms with van der Waals surface area (Å²) < 4.78 is 10.8. The van der Waals surface area contributed by atoms with E-state index in [0.717, 1.165) is 0 Å². The average molecular weight is 328 g/mol. The first-order valence-electron chi connectivity index (χ1n) is 7.51. The number of ketones is 2. The van der Waals surface area contributed by atoms with E-state index >= 15 is 0 Å². The van der Waals surface area contributed by atoms with Gasteiger partial charge in [-0.3, -0.25) is 9.59 Å². The molecule has 0 amide bonds. The molecule has 0 radical (unpaired) electrons. The van der Waals surface area contributed by atoms with Crippen LogP contribution in [0.5, 0.6) is 11.5 Å². The van der Waals surface area contributed by atoms with Gasteiger partial charge in [-0.15, -0.1) is 0 Å². The summed E-state index contributed by atoms with van der Waals surface area (Å²) in [4.78, 5) is 25.7. The fraction of sp³-hybridized carbons (Fsp3) is 0.222. The molecule has 2 N–H and O–H groups in total. The molecule has 0 heterocycles. The molecule has 0 aromatic heterocycles. The SMILES string of the molecule is O=C1c2cccc(OCCO)c2C(=O)c2cccc(OCCO)c21. The molecule has 24 heavy (non-hydrogen) atoms. The van der Waals surface area contributed by atoms with Gasteiger partial charge in [0.2, 0.25) is 0 Å². The quantitative estimate of drug-likeness (QED) is 0.706. The van der Waals surface area contributed by atoms with Crippen molar-refractivity contribution in [3.8, 4) is 11.5 Å². The van der Waals surface area contributed by atoms with Crippen molar-refractivity contribution < 1.29 is 29.3 Å². The lowest BCUT2D eigenvalue weighted by Crippen LogP contribution is -2.23. The van der Waals surface area contributed by atoms with E-state index in [9.17, 15) is 9.59 Å². The Morgan fingerprint density at radius 1 is 0.708 bits per heavy atom. The van der Waals surface area contributed by atoms with Crippen LogP contribution >= 0.6 is 0 Å². The maximum absolute atomic E-state index is 12.9. The molecule has 0 aliphatic heterocycles. The number of carbonyl (C=O) groups is 2. The maximum Gasteiger partial charge on any atom is 0.198 e. The molecular weight excluding hydrogens is 312 g/mol. The summed E-state index contributed by atoms with van der Waals surface area (Å²) in [5, 5.41) is 17.8. The normalized spacial score (nSPS) is 12.6. The van der Waals surface area contributed by atoms with E-state index in [1.807, 2.05) is 0 Å². The van der Waals surface area contributed by atoms with Gasteiger partial charge in [0.25, 0.3) is 0 Å². The van der Waals surface area contributed by atoms with Crippen molar-refractivity contribution in [3.63, 3.8) is 0 Å². The fourth-order valence-corrected chi connectivity index (χ4v) is 2.73. The van der Waals surface area contributed by atoms with Crippen LogP contribution in [0.15, 0.2) is 36.4 Å². The lowest BCUT2D eigenvalue weighted by molar-refractivity contribution is 0.0969. The van der Waals surface area contributed by atoms with Crippen molar-refractivity contribution in [1.29, 1.82) is 0 Å². The van der Waals surface area contributed by atoms with Gasteiger partial charge in [-0.25, -0.2) is 0 Å². The van der Waals surface area contributed by atoms with Crippen molar-refractivity contribution in [3.05, 3.63) is 58.7 Å². The van der Waals surface area contributed by atoms with Gasteiger partial charge in [0.15, 0.2) is 11.6 Å². The second-order valence-electron chi connectivity index (χ2n) is 5.16. The van der Waals surface area contributed by atoms with Gasteiger partial charge < -0.3 is 19.7 Å². The summed E-state index contributed by atoms with van der Waals surface area (Å²) in [7, 11) is 0. The number of benzene rings is 2. The third kappa shape index (κ3) is 2.66. The first-order chi connectivity index (χ1) is 11.7. The molecule has 124 valence electrons. The monoisotopic (exact) mass is 328 g/mol. The van der Waals surface area contributed by atoms with Crippen LogP contribution < -0.4 is 9.47 Å². The van der Waals surface area contributed by atoms with Crippen molar-refractivity contribution in [2.45, 2.75) is 0 Å². The summed E-state index contributed by atoms with van der Waals surface area (Å²) >= 11 is 0. The third-order valence-electron chi connectivity index (χ3n) is 3.69. The molecular formula is C18H16O6. The topological polar surface area (TPSA) is 93.1 Å². The Hall–Kier alpha value is -2.70. The number of aliphatic hydroxyl groups is 2. The molecule has 2 aromatic carbocycles. The third-order valence-corrected chi connectivity index (χ3v) is 3.69. The van der Waals surface area contributed by atoms with Gasteiger partial charge in [0.05, 0.1) is 24.3 Å². The number of hydrogen-bond acceptors (Lipinski definition) is 6. The second-order valence-corrected chi connectivity index (χ2v) is 5.16. The highest BCUT2D eigenvalue weighted by atomic mass is 16.5. The summed E-state index contributed by atoms with van der Waals surface area (Å²) in [6.07, 6.45) is 0. The van der Waals surface area contributed by atoms with Crippen LogP contribution in [0.2, 0.25) is 0 Å². The lowest BCUT2D eigenvalue weighted by Gasteiger charge is -2.22. The Morgan fingerprint density at radius 3 is 1.50 bits per heavy atom. The molecule has 6 nitrogen and oxygen atoms in total. The summed E-state index contributed by atoms with van der Waals surface area (Å²) in [5.74, 6) is -0.121. The van der Waals surface area contributed by atoms with Crippen molar-refractivity contribution >= 4 is 11.6 Å². The van der Waals surface area contributed by atoms with E-state index < -0.39 is 0 Å². The Bertz CT molecular complexity index is 729. The Kier molecular flexibility index (Phi) is 4.59. The molecule has 0 saturated carbocycles. The van der Waals surface area contributed by atoms with Crippen molar-refractivity contribution in [1.82, 2.24) is 0 Å². The summed E-state index contributed by atoms with van der Waals surface area (Å²) in [6, 6.07) is 9.56. The Balaban J connectivity index is 2.11. The van der Waals surface area contributed by atoms with Crippen LogP contribution in [0.25, 0.3) is 0 Å². The van der Waals surface area contributed by atoms with Crippen LogP contribution in [-0.4, -0.2) is 48.2 Å².